The number of hydrogen-bond donors (Lipinski definition) is 2. The van der Waals surface area contributed by atoms with E-state index in [4.69, 9.17) is 4.74 Å². The zero-order valence-electron chi connectivity index (χ0n) is 17.3. The molecular weight excluding hydrogens is 376 g/mol. The second kappa shape index (κ2) is 7.06. The van der Waals surface area contributed by atoms with Gasteiger partial charge in [0, 0.05) is 29.6 Å². The van der Waals surface area contributed by atoms with Crippen molar-refractivity contribution in [3.05, 3.63) is 82.6 Å². The van der Waals surface area contributed by atoms with Gasteiger partial charge in [-0.1, -0.05) is 18.2 Å². The topological polar surface area (TPSA) is 74.0 Å². The molecule has 6 nitrogen and oxygen atoms in total. The van der Waals surface area contributed by atoms with E-state index >= 15 is 0 Å². The van der Waals surface area contributed by atoms with Crippen molar-refractivity contribution in [3.8, 4) is 5.75 Å². The molecule has 0 saturated heterocycles. The summed E-state index contributed by atoms with van der Waals surface area (Å²) in [5, 5.41) is 1.09. The molecule has 2 N–H and O–H groups in total. The normalized spacial score (nSPS) is 16.0. The second-order valence-corrected chi connectivity index (χ2v) is 7.92. The first kappa shape index (κ1) is 18.5. The highest BCUT2D eigenvalue weighted by atomic mass is 16.5. The molecule has 30 heavy (non-hydrogen) atoms. The minimum absolute atomic E-state index is 0.0160. The highest BCUT2D eigenvalue weighted by Gasteiger charge is 2.35. The van der Waals surface area contributed by atoms with Gasteiger partial charge in [-0.2, -0.15) is 0 Å². The molecule has 1 aliphatic rings. The van der Waals surface area contributed by atoms with E-state index in [0.29, 0.717) is 12.2 Å². The van der Waals surface area contributed by atoms with Crippen LogP contribution in [0.1, 0.15) is 44.6 Å². The summed E-state index contributed by atoms with van der Waals surface area (Å²) in [6.07, 6.45) is 2.47. The van der Waals surface area contributed by atoms with Crippen molar-refractivity contribution < 1.29 is 9.53 Å². The molecule has 0 fully saturated rings. The highest BCUT2D eigenvalue weighted by Crippen LogP contribution is 2.35. The van der Waals surface area contributed by atoms with Gasteiger partial charge in [0.05, 0.1) is 19.1 Å². The molecule has 0 spiro atoms. The number of rotatable bonds is 3. The van der Waals surface area contributed by atoms with Crippen molar-refractivity contribution in [2.45, 2.75) is 26.3 Å². The Hall–Kier alpha value is -3.54. The van der Waals surface area contributed by atoms with Crippen LogP contribution in [0.3, 0.4) is 0 Å². The molecule has 0 aliphatic carbocycles. The van der Waals surface area contributed by atoms with Gasteiger partial charge in [0.25, 0.3) is 5.91 Å². The van der Waals surface area contributed by atoms with Gasteiger partial charge in [0.1, 0.15) is 17.5 Å². The monoisotopic (exact) mass is 400 g/mol. The van der Waals surface area contributed by atoms with Crippen molar-refractivity contribution in [1.29, 1.82) is 0 Å². The van der Waals surface area contributed by atoms with Crippen molar-refractivity contribution in [1.82, 2.24) is 19.9 Å². The molecule has 3 heterocycles. The Morgan fingerprint density at radius 1 is 1.17 bits per heavy atom. The maximum absolute atomic E-state index is 13.6. The molecule has 6 heteroatoms. The summed E-state index contributed by atoms with van der Waals surface area (Å²) in [6.45, 7) is 4.77. The average molecular weight is 400 g/mol. The summed E-state index contributed by atoms with van der Waals surface area (Å²) in [6, 6.07) is 13.8. The first-order valence-electron chi connectivity index (χ1n) is 10.1. The molecule has 0 bridgehead atoms. The van der Waals surface area contributed by atoms with E-state index in [1.54, 1.807) is 13.4 Å². The lowest BCUT2D eigenvalue weighted by molar-refractivity contribution is 0.0685. The van der Waals surface area contributed by atoms with Crippen molar-refractivity contribution in [2.24, 2.45) is 0 Å². The van der Waals surface area contributed by atoms with Gasteiger partial charge in [0.15, 0.2) is 0 Å². The Kier molecular flexibility index (Phi) is 4.35. The Bertz CT molecular complexity index is 1240. The number of fused-ring (bicyclic) bond motifs is 2. The molecule has 2 aromatic heterocycles. The summed E-state index contributed by atoms with van der Waals surface area (Å²) >= 11 is 0. The zero-order chi connectivity index (χ0) is 20.8. The van der Waals surface area contributed by atoms with Crippen LogP contribution >= 0.6 is 0 Å². The van der Waals surface area contributed by atoms with E-state index in [9.17, 15) is 4.79 Å². The number of nitrogens with zero attached hydrogens (tertiary/aromatic N) is 2. The molecule has 152 valence electrons. The predicted molar refractivity (Wildman–Crippen MR) is 116 cm³/mol. The number of hydrogen-bond acceptors (Lipinski definition) is 3. The third-order valence-corrected chi connectivity index (χ3v) is 5.94. The SMILES string of the molecule is COc1ccc([C@H]2c3nc[nH]c3CCN2C(=O)c2cc3c(C)cc(C)cc3[nH]2)cc1. The van der Waals surface area contributed by atoms with Crippen LogP contribution in [0.15, 0.2) is 48.8 Å². The summed E-state index contributed by atoms with van der Waals surface area (Å²) in [4.78, 5) is 26.7. The van der Waals surface area contributed by atoms with Crippen LogP contribution in [-0.4, -0.2) is 39.4 Å². The fraction of sp³-hybridized carbons (Fsp3) is 0.250. The van der Waals surface area contributed by atoms with Gasteiger partial charge in [-0.05, 0) is 54.8 Å². The number of aromatic amines is 2. The maximum atomic E-state index is 13.6. The number of benzene rings is 2. The highest BCUT2D eigenvalue weighted by molar-refractivity contribution is 5.99. The number of H-pyrrole nitrogens is 2. The Morgan fingerprint density at radius 3 is 2.73 bits per heavy atom. The van der Waals surface area contributed by atoms with Crippen molar-refractivity contribution in [2.75, 3.05) is 13.7 Å². The van der Waals surface area contributed by atoms with E-state index in [-0.39, 0.29) is 11.9 Å². The second-order valence-electron chi connectivity index (χ2n) is 7.92. The molecule has 0 saturated carbocycles. The Morgan fingerprint density at radius 2 is 1.97 bits per heavy atom. The van der Waals surface area contributed by atoms with Crippen molar-refractivity contribution in [3.63, 3.8) is 0 Å². The fourth-order valence-corrected chi connectivity index (χ4v) is 4.49. The summed E-state index contributed by atoms with van der Waals surface area (Å²) in [7, 11) is 1.65. The van der Waals surface area contributed by atoms with E-state index < -0.39 is 0 Å². The van der Waals surface area contributed by atoms with Gasteiger partial charge in [-0.3, -0.25) is 4.79 Å². The molecule has 0 unspecified atom stereocenters. The molecule has 1 amide bonds. The minimum Gasteiger partial charge on any atom is -0.497 e. The number of aryl methyl sites for hydroxylation is 2. The lowest BCUT2D eigenvalue weighted by Gasteiger charge is -2.35. The van der Waals surface area contributed by atoms with Gasteiger partial charge in [-0.25, -0.2) is 4.98 Å². The molecule has 2 aromatic carbocycles. The average Bonchev–Trinajstić information content (AvgIpc) is 3.39. The maximum Gasteiger partial charge on any atom is 0.271 e. The molecule has 1 aliphatic heterocycles. The van der Waals surface area contributed by atoms with Gasteiger partial charge in [-0.15, -0.1) is 0 Å². The third kappa shape index (κ3) is 2.96. The largest absolute Gasteiger partial charge is 0.497 e. The van der Waals surface area contributed by atoms with E-state index in [2.05, 4.69) is 40.9 Å². The first-order valence-corrected chi connectivity index (χ1v) is 10.1. The number of imidazole rings is 1. The Labute approximate surface area is 174 Å². The molecule has 0 radical (unpaired) electrons. The summed E-state index contributed by atoms with van der Waals surface area (Å²) in [5.74, 6) is 0.772. The lowest BCUT2D eigenvalue weighted by atomic mass is 9.95. The number of ether oxygens (including phenoxy) is 1. The number of methoxy groups -OCH3 is 1. The number of carbonyl (C=O) groups excluding carboxylic acids is 1. The quantitative estimate of drug-likeness (QED) is 0.538. The van der Waals surface area contributed by atoms with Crippen molar-refractivity contribution >= 4 is 16.8 Å². The smallest absolute Gasteiger partial charge is 0.271 e. The molecule has 1 atom stereocenters. The standard InChI is InChI=1S/C24H24N4O2/c1-14-10-15(2)18-12-21(27-20(18)11-14)24(29)28-9-8-19-22(26-13-25-19)23(28)16-4-6-17(30-3)7-5-16/h4-7,10-13,23,27H,8-9H2,1-3H3,(H,25,26)/t23-/m0/s1. The van der Waals surface area contributed by atoms with Crippen LogP contribution < -0.4 is 4.74 Å². The van der Waals surface area contributed by atoms with Gasteiger partial charge in [0.2, 0.25) is 0 Å². The van der Waals surface area contributed by atoms with Crippen LogP contribution in [0.25, 0.3) is 10.9 Å². The van der Waals surface area contributed by atoms with Gasteiger partial charge < -0.3 is 19.6 Å². The first-order chi connectivity index (χ1) is 14.5. The fourth-order valence-electron chi connectivity index (χ4n) is 4.49. The van der Waals surface area contributed by atoms with Crippen LogP contribution in [0, 0.1) is 13.8 Å². The minimum atomic E-state index is -0.243. The Balaban J connectivity index is 1.57. The third-order valence-electron chi connectivity index (χ3n) is 5.94. The van der Waals surface area contributed by atoms with E-state index in [1.165, 1.54) is 11.1 Å². The summed E-state index contributed by atoms with van der Waals surface area (Å²) in [5.41, 5.74) is 6.95. The van der Waals surface area contributed by atoms with E-state index in [0.717, 1.165) is 40.0 Å². The van der Waals surface area contributed by atoms with Crippen LogP contribution in [0.5, 0.6) is 5.75 Å². The number of amides is 1. The number of nitrogens with one attached hydrogen (secondary N) is 2. The summed E-state index contributed by atoms with van der Waals surface area (Å²) < 4.78 is 5.30. The molecule has 5 rings (SSSR count). The predicted octanol–water partition coefficient (Wildman–Crippen LogP) is 4.30. The van der Waals surface area contributed by atoms with E-state index in [1.807, 2.05) is 35.2 Å². The number of carbonyl (C=O) groups is 1. The zero-order valence-corrected chi connectivity index (χ0v) is 17.3. The molecule has 4 aromatic rings. The van der Waals surface area contributed by atoms with Crippen LogP contribution in [0.2, 0.25) is 0 Å². The molecular formula is C24H24N4O2. The van der Waals surface area contributed by atoms with Crippen LogP contribution in [0.4, 0.5) is 0 Å². The van der Waals surface area contributed by atoms with Crippen LogP contribution in [-0.2, 0) is 6.42 Å². The number of aromatic nitrogens is 3. The van der Waals surface area contributed by atoms with Gasteiger partial charge >= 0.3 is 0 Å². The lowest BCUT2D eigenvalue weighted by Crippen LogP contribution is -2.40.